The predicted molar refractivity (Wildman–Crippen MR) is 121 cm³/mol. The normalized spacial score (nSPS) is 10.1. The molecule has 7 heteroatoms. The van der Waals surface area contributed by atoms with Crippen LogP contribution in [0.2, 0.25) is 5.02 Å². The van der Waals surface area contributed by atoms with Crippen molar-refractivity contribution >= 4 is 52.1 Å². The Kier molecular flexibility index (Phi) is 6.59. The molecule has 0 radical (unpaired) electrons. The Labute approximate surface area is 179 Å². The highest BCUT2D eigenvalue weighted by Crippen LogP contribution is 2.16. The van der Waals surface area contributed by atoms with Crippen molar-refractivity contribution < 1.29 is 9.59 Å². The summed E-state index contributed by atoms with van der Waals surface area (Å²) in [6, 6.07) is 21.1. The van der Waals surface area contributed by atoms with Crippen molar-refractivity contribution in [2.45, 2.75) is 6.92 Å². The zero-order valence-electron chi connectivity index (χ0n) is 15.5. The number of hydrogen-bond acceptors (Lipinski definition) is 3. The Hall–Kier alpha value is -3.22. The van der Waals surface area contributed by atoms with Gasteiger partial charge < -0.3 is 10.6 Å². The molecule has 3 rings (SSSR count). The molecule has 146 valence electrons. The van der Waals surface area contributed by atoms with Gasteiger partial charge in [-0.15, -0.1) is 0 Å². The lowest BCUT2D eigenvalue weighted by Gasteiger charge is -2.11. The maximum absolute atomic E-state index is 12.3. The molecular weight excluding hydrogens is 406 g/mol. The summed E-state index contributed by atoms with van der Waals surface area (Å²) in [7, 11) is 0. The van der Waals surface area contributed by atoms with Gasteiger partial charge in [0.15, 0.2) is 5.11 Å². The lowest BCUT2D eigenvalue weighted by Crippen LogP contribution is -2.34. The molecule has 0 heterocycles. The molecule has 0 saturated heterocycles. The second kappa shape index (κ2) is 9.32. The fourth-order valence-corrected chi connectivity index (χ4v) is 3.04. The lowest BCUT2D eigenvalue weighted by molar-refractivity contribution is 0.0976. The number of aryl methyl sites for hydroxylation is 1. The van der Waals surface area contributed by atoms with Crippen molar-refractivity contribution in [3.63, 3.8) is 0 Å². The number of benzene rings is 3. The first-order valence-corrected chi connectivity index (χ1v) is 9.56. The molecule has 0 saturated carbocycles. The van der Waals surface area contributed by atoms with Crippen LogP contribution in [0.15, 0.2) is 72.8 Å². The molecule has 0 aliphatic carbocycles. The lowest BCUT2D eigenvalue weighted by atomic mass is 10.1. The van der Waals surface area contributed by atoms with Crippen LogP contribution in [0, 0.1) is 6.92 Å². The maximum Gasteiger partial charge on any atom is 0.258 e. The number of rotatable bonds is 4. The number of amides is 2. The molecule has 0 aliphatic rings. The van der Waals surface area contributed by atoms with Gasteiger partial charge in [-0.25, -0.2) is 0 Å². The van der Waals surface area contributed by atoms with E-state index in [2.05, 4.69) is 16.0 Å². The number of carbonyl (C=O) groups is 2. The third-order valence-electron chi connectivity index (χ3n) is 4.03. The van der Waals surface area contributed by atoms with Crippen molar-refractivity contribution in [3.8, 4) is 0 Å². The molecule has 3 aromatic carbocycles. The zero-order chi connectivity index (χ0) is 20.8. The standard InChI is InChI=1S/C22H18ClN3O2S/c1-14-5-4-6-15(13-14)20(27)24-16-9-11-17(12-10-16)25-22(29)26-21(28)18-7-2-3-8-19(18)23/h2-13H,1H3,(H,24,27)(H2,25,26,28,29). The number of thiocarbonyl (C=S) groups is 1. The van der Waals surface area contributed by atoms with Crippen molar-refractivity contribution in [2.75, 3.05) is 10.6 Å². The van der Waals surface area contributed by atoms with Crippen LogP contribution in [0.1, 0.15) is 26.3 Å². The van der Waals surface area contributed by atoms with Crippen LogP contribution in [-0.4, -0.2) is 16.9 Å². The van der Waals surface area contributed by atoms with Gasteiger partial charge in [0.05, 0.1) is 10.6 Å². The van der Waals surface area contributed by atoms with Crippen LogP contribution in [-0.2, 0) is 0 Å². The molecule has 0 unspecified atom stereocenters. The first kappa shape index (κ1) is 20.5. The third-order valence-corrected chi connectivity index (χ3v) is 4.56. The first-order chi connectivity index (χ1) is 13.9. The number of carbonyl (C=O) groups excluding carboxylic acids is 2. The molecule has 0 aliphatic heterocycles. The Morgan fingerprint density at radius 2 is 1.48 bits per heavy atom. The zero-order valence-corrected chi connectivity index (χ0v) is 17.1. The topological polar surface area (TPSA) is 70.2 Å². The minimum absolute atomic E-state index is 0.145. The van der Waals surface area contributed by atoms with Gasteiger partial charge >= 0.3 is 0 Å². The Bertz CT molecular complexity index is 1070. The van der Waals surface area contributed by atoms with E-state index in [1.165, 1.54) is 0 Å². The number of anilines is 2. The summed E-state index contributed by atoms with van der Waals surface area (Å²) in [6.45, 7) is 1.94. The van der Waals surface area contributed by atoms with Crippen molar-refractivity contribution in [2.24, 2.45) is 0 Å². The highest BCUT2D eigenvalue weighted by atomic mass is 35.5. The van der Waals surface area contributed by atoms with Gasteiger partial charge in [-0.1, -0.05) is 41.4 Å². The van der Waals surface area contributed by atoms with E-state index in [0.717, 1.165) is 5.56 Å². The van der Waals surface area contributed by atoms with E-state index in [4.69, 9.17) is 23.8 Å². The van der Waals surface area contributed by atoms with Gasteiger partial charge in [-0.3, -0.25) is 14.9 Å². The van der Waals surface area contributed by atoms with Crippen LogP contribution in [0.3, 0.4) is 0 Å². The number of halogens is 1. The molecule has 5 nitrogen and oxygen atoms in total. The molecule has 3 aromatic rings. The second-order valence-electron chi connectivity index (χ2n) is 6.29. The molecule has 29 heavy (non-hydrogen) atoms. The van der Waals surface area contributed by atoms with Crippen molar-refractivity contribution in [3.05, 3.63) is 94.5 Å². The summed E-state index contributed by atoms with van der Waals surface area (Å²) in [5.41, 5.74) is 3.27. The molecule has 3 N–H and O–H groups in total. The van der Waals surface area contributed by atoms with Gasteiger partial charge in [0.25, 0.3) is 11.8 Å². The van der Waals surface area contributed by atoms with Crippen LogP contribution < -0.4 is 16.0 Å². The Morgan fingerprint density at radius 3 is 2.14 bits per heavy atom. The minimum atomic E-state index is -0.393. The van der Waals surface area contributed by atoms with Crippen LogP contribution in [0.4, 0.5) is 11.4 Å². The molecular formula is C22H18ClN3O2S. The quantitative estimate of drug-likeness (QED) is 0.515. The van der Waals surface area contributed by atoms with Gasteiger partial charge in [0, 0.05) is 16.9 Å². The monoisotopic (exact) mass is 423 g/mol. The molecule has 0 spiro atoms. The molecule has 0 atom stereocenters. The maximum atomic E-state index is 12.3. The largest absolute Gasteiger partial charge is 0.332 e. The number of hydrogen-bond donors (Lipinski definition) is 3. The predicted octanol–water partition coefficient (Wildman–Crippen LogP) is 5.03. The minimum Gasteiger partial charge on any atom is -0.332 e. The van der Waals surface area contributed by atoms with E-state index in [0.29, 0.717) is 27.5 Å². The summed E-state index contributed by atoms with van der Waals surface area (Å²) in [5.74, 6) is -0.577. The summed E-state index contributed by atoms with van der Waals surface area (Å²) in [6.07, 6.45) is 0. The Balaban J connectivity index is 1.57. The van der Waals surface area contributed by atoms with Crippen LogP contribution in [0.5, 0.6) is 0 Å². The van der Waals surface area contributed by atoms with Gasteiger partial charge in [-0.2, -0.15) is 0 Å². The van der Waals surface area contributed by atoms with E-state index in [1.54, 1.807) is 54.6 Å². The summed E-state index contributed by atoms with van der Waals surface area (Å²) in [4.78, 5) is 24.5. The van der Waals surface area contributed by atoms with E-state index in [1.807, 2.05) is 25.1 Å². The van der Waals surface area contributed by atoms with E-state index < -0.39 is 5.91 Å². The number of nitrogens with one attached hydrogen (secondary N) is 3. The van der Waals surface area contributed by atoms with E-state index >= 15 is 0 Å². The molecule has 2 amide bonds. The summed E-state index contributed by atoms with van der Waals surface area (Å²) in [5, 5.41) is 8.85. The average Bonchev–Trinajstić information content (AvgIpc) is 2.69. The highest BCUT2D eigenvalue weighted by Gasteiger charge is 2.11. The van der Waals surface area contributed by atoms with Crippen LogP contribution in [0.25, 0.3) is 0 Å². The van der Waals surface area contributed by atoms with E-state index in [-0.39, 0.29) is 11.0 Å². The van der Waals surface area contributed by atoms with Gasteiger partial charge in [-0.05, 0) is 67.7 Å². The van der Waals surface area contributed by atoms with Crippen molar-refractivity contribution in [1.29, 1.82) is 0 Å². The fourth-order valence-electron chi connectivity index (χ4n) is 2.60. The highest BCUT2D eigenvalue weighted by molar-refractivity contribution is 7.80. The van der Waals surface area contributed by atoms with Crippen LogP contribution >= 0.6 is 23.8 Å². The Morgan fingerprint density at radius 1 is 0.828 bits per heavy atom. The third kappa shape index (κ3) is 5.63. The summed E-state index contributed by atoms with van der Waals surface area (Å²) < 4.78 is 0. The van der Waals surface area contributed by atoms with Gasteiger partial charge in [0.2, 0.25) is 0 Å². The molecule has 0 bridgehead atoms. The van der Waals surface area contributed by atoms with Gasteiger partial charge in [0.1, 0.15) is 0 Å². The smallest absolute Gasteiger partial charge is 0.258 e. The SMILES string of the molecule is Cc1cccc(C(=O)Nc2ccc(NC(=S)NC(=O)c3ccccc3Cl)cc2)c1. The fraction of sp³-hybridized carbons (Fsp3) is 0.0455. The second-order valence-corrected chi connectivity index (χ2v) is 7.10. The molecule has 0 fully saturated rings. The molecule has 0 aromatic heterocycles. The average molecular weight is 424 g/mol. The van der Waals surface area contributed by atoms with E-state index in [9.17, 15) is 9.59 Å². The van der Waals surface area contributed by atoms with Crippen molar-refractivity contribution in [1.82, 2.24) is 5.32 Å². The summed E-state index contributed by atoms with van der Waals surface area (Å²) >= 11 is 11.2. The first-order valence-electron chi connectivity index (χ1n) is 8.77.